The van der Waals surface area contributed by atoms with Crippen LogP contribution in [-0.2, 0) is 6.42 Å². The van der Waals surface area contributed by atoms with Gasteiger partial charge in [0.15, 0.2) is 23.2 Å². The standard InChI is InChI=1S/C28H21F3O3/c1-3-17-4-6-18(7-5-17)22-13-14-23(27(31)26(22)30)19-8-11-21(12-9-19)34-28(32)20-10-15-25(33-2)24(29)16-20/h4-16H,3H2,1-2H3. The van der Waals surface area contributed by atoms with Gasteiger partial charge < -0.3 is 9.47 Å². The van der Waals surface area contributed by atoms with Crippen LogP contribution in [0, 0.1) is 17.5 Å². The molecule has 6 heteroatoms. The van der Waals surface area contributed by atoms with Crippen LogP contribution in [0.5, 0.6) is 11.5 Å². The Morgan fingerprint density at radius 1 is 0.765 bits per heavy atom. The maximum absolute atomic E-state index is 14.9. The first-order valence-electron chi connectivity index (χ1n) is 10.6. The summed E-state index contributed by atoms with van der Waals surface area (Å²) in [6.45, 7) is 2.02. The van der Waals surface area contributed by atoms with Gasteiger partial charge in [-0.3, -0.25) is 0 Å². The van der Waals surface area contributed by atoms with Crippen LogP contribution in [0.3, 0.4) is 0 Å². The minimum atomic E-state index is -0.962. The summed E-state index contributed by atoms with van der Waals surface area (Å²) in [7, 11) is 1.32. The molecular formula is C28H21F3O3. The molecule has 0 fully saturated rings. The van der Waals surface area contributed by atoms with Crippen molar-refractivity contribution in [2.45, 2.75) is 13.3 Å². The van der Waals surface area contributed by atoms with E-state index >= 15 is 0 Å². The molecule has 0 spiro atoms. The number of aryl methyl sites for hydroxylation is 1. The average molecular weight is 462 g/mol. The Bertz CT molecular complexity index is 1330. The molecule has 0 amide bonds. The zero-order valence-electron chi connectivity index (χ0n) is 18.6. The number of rotatable bonds is 6. The van der Waals surface area contributed by atoms with E-state index in [0.29, 0.717) is 11.1 Å². The van der Waals surface area contributed by atoms with Crippen LogP contribution in [0.25, 0.3) is 22.3 Å². The van der Waals surface area contributed by atoms with Crippen molar-refractivity contribution in [3.8, 4) is 33.8 Å². The molecule has 0 aromatic heterocycles. The molecule has 4 aromatic carbocycles. The highest BCUT2D eigenvalue weighted by atomic mass is 19.2. The summed E-state index contributed by atoms with van der Waals surface area (Å²) < 4.78 is 53.7. The number of hydrogen-bond donors (Lipinski definition) is 0. The summed E-state index contributed by atoms with van der Waals surface area (Å²) in [5.74, 6) is -3.15. The van der Waals surface area contributed by atoms with Crippen molar-refractivity contribution in [3.63, 3.8) is 0 Å². The molecule has 0 unspecified atom stereocenters. The van der Waals surface area contributed by atoms with Crippen molar-refractivity contribution >= 4 is 5.97 Å². The predicted molar refractivity (Wildman–Crippen MR) is 125 cm³/mol. The first kappa shape index (κ1) is 23.1. The van der Waals surface area contributed by atoms with Crippen LogP contribution in [0.15, 0.2) is 78.9 Å². The quantitative estimate of drug-likeness (QED) is 0.224. The monoisotopic (exact) mass is 462 g/mol. The van der Waals surface area contributed by atoms with Crippen molar-refractivity contribution in [2.75, 3.05) is 7.11 Å². The normalized spacial score (nSPS) is 10.7. The molecule has 0 atom stereocenters. The molecule has 0 heterocycles. The Morgan fingerprint density at radius 3 is 1.82 bits per heavy atom. The summed E-state index contributed by atoms with van der Waals surface area (Å²) in [6, 6.07) is 20.1. The van der Waals surface area contributed by atoms with Gasteiger partial charge in [0.1, 0.15) is 5.75 Å². The Kier molecular flexibility index (Phi) is 6.68. The summed E-state index contributed by atoms with van der Waals surface area (Å²) in [6.07, 6.45) is 0.859. The van der Waals surface area contributed by atoms with Gasteiger partial charge in [-0.05, 0) is 53.4 Å². The van der Waals surface area contributed by atoms with E-state index in [2.05, 4.69) is 0 Å². The van der Waals surface area contributed by atoms with Crippen LogP contribution in [-0.4, -0.2) is 13.1 Å². The molecule has 0 aliphatic rings. The molecule has 0 N–H and O–H groups in total. The molecule has 0 aliphatic carbocycles. The SMILES string of the molecule is CCc1ccc(-c2ccc(-c3ccc(OC(=O)c4ccc(OC)c(F)c4)cc3)c(F)c2F)cc1. The largest absolute Gasteiger partial charge is 0.494 e. The number of carbonyl (C=O) groups is 1. The smallest absolute Gasteiger partial charge is 0.343 e. The zero-order chi connectivity index (χ0) is 24.2. The molecule has 4 aromatic rings. The summed E-state index contributed by atoms with van der Waals surface area (Å²) in [5, 5.41) is 0. The fourth-order valence-corrected chi connectivity index (χ4v) is 3.58. The van der Waals surface area contributed by atoms with Crippen molar-refractivity contribution in [1.29, 1.82) is 0 Å². The number of halogens is 3. The summed E-state index contributed by atoms with van der Waals surface area (Å²) in [4.78, 5) is 12.3. The van der Waals surface area contributed by atoms with Gasteiger partial charge in [-0.2, -0.15) is 0 Å². The van der Waals surface area contributed by atoms with Gasteiger partial charge >= 0.3 is 5.97 Å². The molecule has 0 radical (unpaired) electrons. The lowest BCUT2D eigenvalue weighted by molar-refractivity contribution is 0.0734. The van der Waals surface area contributed by atoms with E-state index in [1.165, 1.54) is 49.6 Å². The molecular weight excluding hydrogens is 441 g/mol. The topological polar surface area (TPSA) is 35.5 Å². The Morgan fingerprint density at radius 2 is 1.32 bits per heavy atom. The second kappa shape index (κ2) is 9.83. The third kappa shape index (κ3) is 4.66. The van der Waals surface area contributed by atoms with Crippen molar-refractivity contribution < 1.29 is 27.4 Å². The van der Waals surface area contributed by atoms with Gasteiger partial charge in [0.2, 0.25) is 0 Å². The van der Waals surface area contributed by atoms with E-state index in [1.54, 1.807) is 18.2 Å². The van der Waals surface area contributed by atoms with E-state index in [-0.39, 0.29) is 28.2 Å². The Balaban J connectivity index is 1.53. The third-order valence-electron chi connectivity index (χ3n) is 5.52. The van der Waals surface area contributed by atoms with Gasteiger partial charge in [0.05, 0.1) is 12.7 Å². The Labute approximate surface area is 195 Å². The van der Waals surface area contributed by atoms with Crippen molar-refractivity contribution in [2.24, 2.45) is 0 Å². The molecule has 0 saturated carbocycles. The number of benzene rings is 4. The lowest BCUT2D eigenvalue weighted by atomic mass is 9.98. The van der Waals surface area contributed by atoms with Gasteiger partial charge in [-0.1, -0.05) is 55.5 Å². The van der Waals surface area contributed by atoms with E-state index in [9.17, 15) is 18.0 Å². The number of esters is 1. The van der Waals surface area contributed by atoms with E-state index < -0.39 is 23.4 Å². The third-order valence-corrected chi connectivity index (χ3v) is 5.52. The molecule has 3 nitrogen and oxygen atoms in total. The minimum Gasteiger partial charge on any atom is -0.494 e. The van der Waals surface area contributed by atoms with Gasteiger partial charge in [-0.25, -0.2) is 18.0 Å². The van der Waals surface area contributed by atoms with Crippen LogP contribution < -0.4 is 9.47 Å². The Hall–Kier alpha value is -4.06. The molecule has 0 bridgehead atoms. The highest BCUT2D eigenvalue weighted by Gasteiger charge is 2.17. The number of methoxy groups -OCH3 is 1. The lowest BCUT2D eigenvalue weighted by Crippen LogP contribution is -2.09. The second-order valence-corrected chi connectivity index (χ2v) is 7.60. The van der Waals surface area contributed by atoms with E-state index in [0.717, 1.165) is 18.1 Å². The first-order valence-corrected chi connectivity index (χ1v) is 10.6. The summed E-state index contributed by atoms with van der Waals surface area (Å²) in [5.41, 5.74) is 2.40. The zero-order valence-corrected chi connectivity index (χ0v) is 18.6. The fourth-order valence-electron chi connectivity index (χ4n) is 3.58. The average Bonchev–Trinajstić information content (AvgIpc) is 2.86. The molecule has 4 rings (SSSR count). The highest BCUT2D eigenvalue weighted by Crippen LogP contribution is 2.32. The van der Waals surface area contributed by atoms with Crippen molar-refractivity contribution in [3.05, 3.63) is 107 Å². The first-order chi connectivity index (χ1) is 16.4. The number of ether oxygens (including phenoxy) is 2. The lowest BCUT2D eigenvalue weighted by Gasteiger charge is -2.11. The fraction of sp³-hybridized carbons (Fsp3) is 0.107. The van der Waals surface area contributed by atoms with Gasteiger partial charge in [-0.15, -0.1) is 0 Å². The molecule has 0 saturated heterocycles. The molecule has 0 aliphatic heterocycles. The van der Waals surface area contributed by atoms with Gasteiger partial charge in [0, 0.05) is 11.1 Å². The van der Waals surface area contributed by atoms with E-state index in [1.807, 2.05) is 19.1 Å². The second-order valence-electron chi connectivity index (χ2n) is 7.60. The predicted octanol–water partition coefficient (Wildman–Crippen LogP) is 7.23. The molecule has 172 valence electrons. The molecule has 34 heavy (non-hydrogen) atoms. The highest BCUT2D eigenvalue weighted by molar-refractivity contribution is 5.91. The van der Waals surface area contributed by atoms with Crippen LogP contribution >= 0.6 is 0 Å². The summed E-state index contributed by atoms with van der Waals surface area (Å²) >= 11 is 0. The van der Waals surface area contributed by atoms with Crippen LogP contribution in [0.4, 0.5) is 13.2 Å². The number of carbonyl (C=O) groups excluding carboxylic acids is 1. The maximum atomic E-state index is 14.9. The van der Waals surface area contributed by atoms with Crippen LogP contribution in [0.2, 0.25) is 0 Å². The minimum absolute atomic E-state index is 0.0121. The van der Waals surface area contributed by atoms with Crippen LogP contribution in [0.1, 0.15) is 22.8 Å². The van der Waals surface area contributed by atoms with Crippen molar-refractivity contribution in [1.82, 2.24) is 0 Å². The number of hydrogen-bond acceptors (Lipinski definition) is 3. The van der Waals surface area contributed by atoms with Gasteiger partial charge in [0.25, 0.3) is 0 Å². The maximum Gasteiger partial charge on any atom is 0.343 e. The van der Waals surface area contributed by atoms with E-state index in [4.69, 9.17) is 9.47 Å².